The summed E-state index contributed by atoms with van der Waals surface area (Å²) in [7, 11) is 0. The lowest BCUT2D eigenvalue weighted by Crippen LogP contribution is -2.43. The number of para-hydroxylation sites is 1. The average Bonchev–Trinajstić information content (AvgIpc) is 2.73. The van der Waals surface area contributed by atoms with Crippen molar-refractivity contribution in [1.29, 1.82) is 0 Å². The van der Waals surface area contributed by atoms with Gasteiger partial charge in [-0.1, -0.05) is 45.9 Å². The third-order valence-corrected chi connectivity index (χ3v) is 5.58. The molecule has 0 radical (unpaired) electrons. The third kappa shape index (κ3) is 4.84. The van der Waals surface area contributed by atoms with Gasteiger partial charge in [-0.25, -0.2) is 0 Å². The van der Waals surface area contributed by atoms with Crippen LogP contribution in [-0.2, 0) is 5.41 Å². The molecule has 1 saturated heterocycles. The summed E-state index contributed by atoms with van der Waals surface area (Å²) in [6.45, 7) is 9.23. The Kier molecular flexibility index (Phi) is 6.36. The van der Waals surface area contributed by atoms with Crippen LogP contribution in [0.4, 0.5) is 5.69 Å². The molecule has 1 fully saturated rings. The molecule has 0 spiro atoms. The van der Waals surface area contributed by atoms with E-state index in [0.717, 1.165) is 37.1 Å². The number of pyridine rings is 1. The van der Waals surface area contributed by atoms with E-state index in [0.29, 0.717) is 5.56 Å². The molecule has 0 bridgehead atoms. The fraction of sp³-hybridized carbons (Fsp3) is 0.458. The van der Waals surface area contributed by atoms with E-state index in [-0.39, 0.29) is 29.0 Å². The SMILES string of the molecule is CCC1CCCCN1C(=O)c1ccnc(C(=O)Nc2ccccc2C(C)(C)C)c1. The third-order valence-electron chi connectivity index (χ3n) is 5.58. The molecule has 1 unspecified atom stereocenters. The van der Waals surface area contributed by atoms with E-state index in [4.69, 9.17) is 0 Å². The second kappa shape index (κ2) is 8.76. The van der Waals surface area contributed by atoms with E-state index < -0.39 is 0 Å². The smallest absolute Gasteiger partial charge is 0.274 e. The van der Waals surface area contributed by atoms with Crippen molar-refractivity contribution >= 4 is 17.5 Å². The predicted octanol–water partition coefficient (Wildman–Crippen LogP) is 5.04. The first-order chi connectivity index (χ1) is 13.8. The zero-order valence-corrected chi connectivity index (χ0v) is 17.9. The summed E-state index contributed by atoms with van der Waals surface area (Å²) in [5.74, 6) is -0.315. The summed E-state index contributed by atoms with van der Waals surface area (Å²) in [4.78, 5) is 32.1. The summed E-state index contributed by atoms with van der Waals surface area (Å²) >= 11 is 0. The molecule has 0 saturated carbocycles. The maximum Gasteiger partial charge on any atom is 0.274 e. The standard InChI is InChI=1S/C24H31N3O2/c1-5-18-10-8-9-15-27(18)23(29)17-13-14-25-21(16-17)22(28)26-20-12-7-6-11-19(20)24(2,3)4/h6-7,11-14,16,18H,5,8-10,15H2,1-4H3,(H,26,28). The molecule has 1 aromatic carbocycles. The first-order valence-electron chi connectivity index (χ1n) is 10.5. The van der Waals surface area contributed by atoms with E-state index >= 15 is 0 Å². The number of piperidine rings is 1. The van der Waals surface area contributed by atoms with Crippen LogP contribution in [0.3, 0.4) is 0 Å². The maximum atomic E-state index is 13.1. The number of benzene rings is 1. The molecule has 1 N–H and O–H groups in total. The van der Waals surface area contributed by atoms with Crippen LogP contribution in [0, 0.1) is 0 Å². The topological polar surface area (TPSA) is 62.3 Å². The van der Waals surface area contributed by atoms with Gasteiger partial charge in [-0.2, -0.15) is 0 Å². The number of hydrogen-bond acceptors (Lipinski definition) is 3. The maximum absolute atomic E-state index is 13.1. The molecule has 2 amide bonds. The molecule has 1 aliphatic rings. The highest BCUT2D eigenvalue weighted by atomic mass is 16.2. The van der Waals surface area contributed by atoms with Crippen molar-refractivity contribution in [3.05, 3.63) is 59.4 Å². The minimum atomic E-state index is -0.304. The molecule has 3 rings (SSSR count). The largest absolute Gasteiger partial charge is 0.336 e. The van der Waals surface area contributed by atoms with Gasteiger partial charge in [-0.3, -0.25) is 14.6 Å². The lowest BCUT2D eigenvalue weighted by atomic mass is 9.86. The van der Waals surface area contributed by atoms with Crippen LogP contribution in [0.15, 0.2) is 42.6 Å². The van der Waals surface area contributed by atoms with Crippen LogP contribution in [-0.4, -0.2) is 34.3 Å². The second-order valence-electron chi connectivity index (χ2n) is 8.74. The van der Waals surface area contributed by atoms with Gasteiger partial charge in [0.15, 0.2) is 0 Å². The van der Waals surface area contributed by atoms with Gasteiger partial charge in [0, 0.05) is 30.0 Å². The predicted molar refractivity (Wildman–Crippen MR) is 116 cm³/mol. The average molecular weight is 394 g/mol. The van der Waals surface area contributed by atoms with Crippen LogP contribution in [0.1, 0.15) is 79.8 Å². The summed E-state index contributed by atoms with van der Waals surface area (Å²) in [6.07, 6.45) is 5.74. The summed E-state index contributed by atoms with van der Waals surface area (Å²) < 4.78 is 0. The van der Waals surface area contributed by atoms with E-state index in [1.165, 1.54) is 6.42 Å². The minimum absolute atomic E-state index is 0.0110. The van der Waals surface area contributed by atoms with Gasteiger partial charge in [0.1, 0.15) is 5.69 Å². The summed E-state index contributed by atoms with van der Waals surface area (Å²) in [6, 6.07) is 11.4. The number of rotatable bonds is 4. The van der Waals surface area contributed by atoms with Crippen LogP contribution in [0.5, 0.6) is 0 Å². The Bertz CT molecular complexity index is 886. The zero-order valence-electron chi connectivity index (χ0n) is 17.9. The number of nitrogens with one attached hydrogen (secondary N) is 1. The van der Waals surface area contributed by atoms with Crippen molar-refractivity contribution in [2.45, 2.75) is 64.8 Å². The van der Waals surface area contributed by atoms with E-state index in [9.17, 15) is 9.59 Å². The van der Waals surface area contributed by atoms with Gasteiger partial charge in [-0.05, 0) is 54.9 Å². The number of hydrogen-bond donors (Lipinski definition) is 1. The lowest BCUT2D eigenvalue weighted by Gasteiger charge is -2.35. The van der Waals surface area contributed by atoms with Gasteiger partial charge in [0.05, 0.1) is 0 Å². The first-order valence-corrected chi connectivity index (χ1v) is 10.5. The first kappa shape index (κ1) is 21.0. The number of anilines is 1. The van der Waals surface area contributed by atoms with Crippen LogP contribution in [0.2, 0.25) is 0 Å². The molecule has 2 heterocycles. The van der Waals surface area contributed by atoms with Crippen LogP contribution >= 0.6 is 0 Å². The molecule has 5 heteroatoms. The van der Waals surface area contributed by atoms with Gasteiger partial charge >= 0.3 is 0 Å². The monoisotopic (exact) mass is 393 g/mol. The van der Waals surface area contributed by atoms with E-state index in [1.807, 2.05) is 29.2 Å². The van der Waals surface area contributed by atoms with Crippen LogP contribution in [0.25, 0.3) is 0 Å². The molecule has 29 heavy (non-hydrogen) atoms. The molecule has 1 aliphatic heterocycles. The Labute approximate surface area is 173 Å². The van der Waals surface area contributed by atoms with Gasteiger partial charge in [-0.15, -0.1) is 0 Å². The van der Waals surface area contributed by atoms with Crippen molar-refractivity contribution in [2.75, 3.05) is 11.9 Å². The zero-order chi connectivity index (χ0) is 21.0. The van der Waals surface area contributed by atoms with Crippen molar-refractivity contribution < 1.29 is 9.59 Å². The lowest BCUT2D eigenvalue weighted by molar-refractivity contribution is 0.0608. The summed E-state index contributed by atoms with van der Waals surface area (Å²) in [5.41, 5.74) is 2.50. The fourth-order valence-corrected chi connectivity index (χ4v) is 3.98. The molecule has 1 atom stereocenters. The quantitative estimate of drug-likeness (QED) is 0.792. The summed E-state index contributed by atoms with van der Waals surface area (Å²) in [5, 5.41) is 2.97. The molecular formula is C24H31N3O2. The van der Waals surface area contributed by atoms with Crippen molar-refractivity contribution in [3.63, 3.8) is 0 Å². The number of carbonyl (C=O) groups is 2. The molecule has 154 valence electrons. The van der Waals surface area contributed by atoms with Gasteiger partial charge in [0.25, 0.3) is 11.8 Å². The molecule has 0 aliphatic carbocycles. The number of amides is 2. The van der Waals surface area contributed by atoms with Crippen LogP contribution < -0.4 is 5.32 Å². The number of likely N-dealkylation sites (tertiary alicyclic amines) is 1. The van der Waals surface area contributed by atoms with E-state index in [1.54, 1.807) is 18.3 Å². The fourth-order valence-electron chi connectivity index (χ4n) is 3.98. The Hall–Kier alpha value is -2.69. The highest BCUT2D eigenvalue weighted by molar-refractivity contribution is 6.05. The van der Waals surface area contributed by atoms with Crippen molar-refractivity contribution in [1.82, 2.24) is 9.88 Å². The minimum Gasteiger partial charge on any atom is -0.336 e. The number of nitrogens with zero attached hydrogens (tertiary/aromatic N) is 2. The highest BCUT2D eigenvalue weighted by Gasteiger charge is 2.27. The van der Waals surface area contributed by atoms with Crippen molar-refractivity contribution in [2.24, 2.45) is 0 Å². The van der Waals surface area contributed by atoms with Crippen molar-refractivity contribution in [3.8, 4) is 0 Å². The molecule has 1 aromatic heterocycles. The van der Waals surface area contributed by atoms with Gasteiger partial charge in [0.2, 0.25) is 0 Å². The molecule has 2 aromatic rings. The number of aromatic nitrogens is 1. The molecular weight excluding hydrogens is 362 g/mol. The Balaban J connectivity index is 1.81. The van der Waals surface area contributed by atoms with Gasteiger partial charge < -0.3 is 10.2 Å². The Morgan fingerprint density at radius 1 is 1.17 bits per heavy atom. The normalized spacial score (nSPS) is 17.1. The Morgan fingerprint density at radius 3 is 2.66 bits per heavy atom. The Morgan fingerprint density at radius 2 is 1.93 bits per heavy atom. The highest BCUT2D eigenvalue weighted by Crippen LogP contribution is 2.29. The number of carbonyl (C=O) groups excluding carboxylic acids is 2. The van der Waals surface area contributed by atoms with E-state index in [2.05, 4.69) is 38.0 Å². The molecule has 5 nitrogen and oxygen atoms in total. The second-order valence-corrected chi connectivity index (χ2v) is 8.74.